The number of amides is 1. The minimum absolute atomic E-state index is 0.0708. The van der Waals surface area contributed by atoms with Crippen LogP contribution in [0.1, 0.15) is 39.3 Å². The van der Waals surface area contributed by atoms with Gasteiger partial charge in [-0.3, -0.25) is 0 Å². The Morgan fingerprint density at radius 2 is 2.13 bits per heavy atom. The van der Waals surface area contributed by atoms with E-state index in [4.69, 9.17) is 16.3 Å². The maximum absolute atomic E-state index is 12.2. The van der Waals surface area contributed by atoms with Crippen molar-refractivity contribution < 1.29 is 9.53 Å². The molecule has 1 fully saturated rings. The average molecular weight is 341 g/mol. The van der Waals surface area contributed by atoms with Crippen LogP contribution < -0.4 is 4.90 Å². The van der Waals surface area contributed by atoms with Crippen LogP contribution in [0.15, 0.2) is 6.07 Å². The number of likely N-dealkylation sites (N-methyl/N-ethyl adjacent to an activating group) is 1. The van der Waals surface area contributed by atoms with Gasteiger partial charge in [0.1, 0.15) is 10.8 Å². The van der Waals surface area contributed by atoms with Crippen LogP contribution in [-0.2, 0) is 4.74 Å². The number of hydrogen-bond donors (Lipinski definition) is 0. The summed E-state index contributed by atoms with van der Waals surface area (Å²) in [5.74, 6) is 0.622. The van der Waals surface area contributed by atoms with Gasteiger partial charge < -0.3 is 14.5 Å². The highest BCUT2D eigenvalue weighted by atomic mass is 35.5. The van der Waals surface area contributed by atoms with Gasteiger partial charge in [0.25, 0.3) is 0 Å². The fourth-order valence-electron chi connectivity index (χ4n) is 2.59. The lowest BCUT2D eigenvalue weighted by molar-refractivity contribution is 0.0209. The van der Waals surface area contributed by atoms with Crippen LogP contribution in [0.5, 0.6) is 0 Å². The normalized spacial score (nSPS) is 18.7. The molecule has 2 heterocycles. The molecular weight excluding hydrogens is 316 g/mol. The van der Waals surface area contributed by atoms with Crippen molar-refractivity contribution >= 4 is 23.6 Å². The first-order chi connectivity index (χ1) is 10.7. The summed E-state index contributed by atoms with van der Waals surface area (Å²) in [5.41, 5.74) is 0.343. The average Bonchev–Trinajstić information content (AvgIpc) is 2.44. The Bertz CT molecular complexity index is 553. The molecule has 1 aliphatic rings. The first-order valence-corrected chi connectivity index (χ1v) is 8.25. The molecule has 128 valence electrons. The maximum Gasteiger partial charge on any atom is 0.410 e. The van der Waals surface area contributed by atoms with E-state index in [1.165, 1.54) is 0 Å². The van der Waals surface area contributed by atoms with Gasteiger partial charge in [-0.2, -0.15) is 0 Å². The third-order valence-corrected chi connectivity index (χ3v) is 3.91. The fraction of sp³-hybridized carbons (Fsp3) is 0.688. The summed E-state index contributed by atoms with van der Waals surface area (Å²) in [6.07, 6.45) is 1.60. The summed E-state index contributed by atoms with van der Waals surface area (Å²) in [7, 11) is 1.78. The molecule has 7 heteroatoms. The molecule has 1 amide bonds. The van der Waals surface area contributed by atoms with E-state index in [1.54, 1.807) is 18.0 Å². The molecule has 6 nitrogen and oxygen atoms in total. The van der Waals surface area contributed by atoms with Gasteiger partial charge in [0, 0.05) is 25.8 Å². The number of carbonyl (C=O) groups is 1. The smallest absolute Gasteiger partial charge is 0.410 e. The monoisotopic (exact) mass is 340 g/mol. The molecule has 1 aromatic rings. The first-order valence-electron chi connectivity index (χ1n) is 7.87. The third-order valence-electron chi connectivity index (χ3n) is 3.72. The van der Waals surface area contributed by atoms with Crippen molar-refractivity contribution in [1.82, 2.24) is 14.9 Å². The van der Waals surface area contributed by atoms with Gasteiger partial charge in [0.15, 0.2) is 0 Å². The molecule has 0 saturated carbocycles. The van der Waals surface area contributed by atoms with Crippen molar-refractivity contribution in [3.63, 3.8) is 0 Å². The van der Waals surface area contributed by atoms with E-state index < -0.39 is 5.60 Å². The summed E-state index contributed by atoms with van der Waals surface area (Å²) in [6, 6.07) is 1.81. The Balaban J connectivity index is 2.07. The topological polar surface area (TPSA) is 58.6 Å². The number of anilines is 1. The van der Waals surface area contributed by atoms with Gasteiger partial charge >= 0.3 is 6.09 Å². The second-order valence-electron chi connectivity index (χ2n) is 6.97. The highest BCUT2D eigenvalue weighted by Gasteiger charge is 2.30. The van der Waals surface area contributed by atoms with E-state index in [0.29, 0.717) is 17.6 Å². The van der Waals surface area contributed by atoms with Gasteiger partial charge in [-0.1, -0.05) is 11.6 Å². The van der Waals surface area contributed by atoms with Crippen molar-refractivity contribution in [3.8, 4) is 0 Å². The van der Waals surface area contributed by atoms with E-state index in [2.05, 4.69) is 14.9 Å². The molecule has 1 aliphatic heterocycles. The lowest BCUT2D eigenvalue weighted by Crippen LogP contribution is -2.50. The fourth-order valence-corrected chi connectivity index (χ4v) is 2.83. The Kier molecular flexibility index (Phi) is 5.34. The number of aromatic nitrogens is 2. The summed E-state index contributed by atoms with van der Waals surface area (Å²) in [4.78, 5) is 24.7. The van der Waals surface area contributed by atoms with E-state index in [1.807, 2.05) is 27.7 Å². The summed E-state index contributed by atoms with van der Waals surface area (Å²) < 4.78 is 5.45. The molecule has 23 heavy (non-hydrogen) atoms. The number of halogens is 1. The number of hydrogen-bond acceptors (Lipinski definition) is 5. The van der Waals surface area contributed by atoms with Crippen molar-refractivity contribution in [3.05, 3.63) is 16.9 Å². The van der Waals surface area contributed by atoms with Gasteiger partial charge in [-0.15, -0.1) is 0 Å². The van der Waals surface area contributed by atoms with Crippen LogP contribution in [-0.4, -0.2) is 52.7 Å². The largest absolute Gasteiger partial charge is 0.444 e. The minimum atomic E-state index is -0.493. The Hall–Kier alpha value is -1.56. The quantitative estimate of drug-likeness (QED) is 0.773. The van der Waals surface area contributed by atoms with Crippen molar-refractivity contribution in [2.45, 2.75) is 52.2 Å². The number of rotatable bonds is 2. The van der Waals surface area contributed by atoms with Gasteiger partial charge in [0.2, 0.25) is 5.95 Å². The van der Waals surface area contributed by atoms with Crippen LogP contribution in [0.4, 0.5) is 10.7 Å². The second kappa shape index (κ2) is 6.91. The zero-order valence-electron chi connectivity index (χ0n) is 14.5. The molecule has 0 N–H and O–H groups in total. The molecule has 0 radical (unpaired) electrons. The van der Waals surface area contributed by atoms with E-state index in [-0.39, 0.29) is 12.1 Å². The molecule has 0 spiro atoms. The number of piperidine rings is 1. The molecule has 2 rings (SSSR count). The molecular formula is C16H25ClN4O2. The molecule has 1 aromatic heterocycles. The Morgan fingerprint density at radius 3 is 2.74 bits per heavy atom. The van der Waals surface area contributed by atoms with Crippen LogP contribution in [0.3, 0.4) is 0 Å². The van der Waals surface area contributed by atoms with Crippen LogP contribution in [0.25, 0.3) is 0 Å². The lowest BCUT2D eigenvalue weighted by Gasteiger charge is -2.38. The molecule has 1 unspecified atom stereocenters. The van der Waals surface area contributed by atoms with E-state index >= 15 is 0 Å². The number of carbonyl (C=O) groups excluding carboxylic acids is 1. The summed E-state index contributed by atoms with van der Waals surface area (Å²) in [6.45, 7) is 9.04. The zero-order valence-corrected chi connectivity index (χ0v) is 15.2. The van der Waals surface area contributed by atoms with Crippen molar-refractivity contribution in [2.75, 3.05) is 25.0 Å². The van der Waals surface area contributed by atoms with Gasteiger partial charge in [-0.25, -0.2) is 14.8 Å². The first kappa shape index (κ1) is 17.8. The van der Waals surface area contributed by atoms with E-state index in [0.717, 1.165) is 25.1 Å². The predicted molar refractivity (Wildman–Crippen MR) is 91.0 cm³/mol. The minimum Gasteiger partial charge on any atom is -0.444 e. The molecule has 0 aliphatic carbocycles. The van der Waals surface area contributed by atoms with Crippen LogP contribution >= 0.6 is 11.6 Å². The van der Waals surface area contributed by atoms with Gasteiger partial charge in [-0.05, 0) is 46.6 Å². The van der Waals surface area contributed by atoms with Crippen molar-refractivity contribution in [1.29, 1.82) is 0 Å². The van der Waals surface area contributed by atoms with Gasteiger partial charge in [0.05, 0.1) is 6.04 Å². The van der Waals surface area contributed by atoms with Crippen molar-refractivity contribution in [2.24, 2.45) is 0 Å². The second-order valence-corrected chi connectivity index (χ2v) is 7.35. The molecule has 1 atom stereocenters. The number of aryl methyl sites for hydroxylation is 1. The zero-order chi connectivity index (χ0) is 17.2. The third kappa shape index (κ3) is 4.96. The highest BCUT2D eigenvalue weighted by molar-refractivity contribution is 6.29. The number of ether oxygens (including phenoxy) is 1. The standard InChI is InChI=1S/C16H25ClN4O2/c1-11-9-13(17)19-14(18-11)21-8-6-7-12(10-21)20(5)15(22)23-16(2,3)4/h9,12H,6-8,10H2,1-5H3. The molecule has 0 aromatic carbocycles. The van der Waals surface area contributed by atoms with Crippen LogP contribution in [0.2, 0.25) is 5.15 Å². The SMILES string of the molecule is Cc1cc(Cl)nc(N2CCCC(N(C)C(=O)OC(C)(C)C)C2)n1. The highest BCUT2D eigenvalue weighted by Crippen LogP contribution is 2.22. The Labute approximate surface area is 142 Å². The maximum atomic E-state index is 12.2. The van der Waals surface area contributed by atoms with E-state index in [9.17, 15) is 4.79 Å². The lowest BCUT2D eigenvalue weighted by atomic mass is 10.1. The summed E-state index contributed by atoms with van der Waals surface area (Å²) in [5, 5.41) is 0.440. The Morgan fingerprint density at radius 1 is 1.43 bits per heavy atom. The summed E-state index contributed by atoms with van der Waals surface area (Å²) >= 11 is 6.03. The number of nitrogens with zero attached hydrogens (tertiary/aromatic N) is 4. The predicted octanol–water partition coefficient (Wildman–Crippen LogP) is 3.27. The molecule has 1 saturated heterocycles. The van der Waals surface area contributed by atoms with Crippen LogP contribution in [0, 0.1) is 6.92 Å². The molecule has 0 bridgehead atoms.